The van der Waals surface area contributed by atoms with Crippen molar-refractivity contribution in [3.63, 3.8) is 0 Å². The second-order valence-electron chi connectivity index (χ2n) is 6.07. The molecule has 18 heavy (non-hydrogen) atoms. The number of hydrogen-bond donors (Lipinski definition) is 1. The Bertz CT molecular complexity index is 301. The highest BCUT2D eigenvalue weighted by Gasteiger charge is 2.34. The standard InChI is InChI=1S/C14H25N3O/c18-14(17-6-2-1-3-7-17)10-15-13-5-9-16-8-4-12(13)11-16/h12-13,15H,1-11H2. The summed E-state index contributed by atoms with van der Waals surface area (Å²) < 4.78 is 0. The Balaban J connectivity index is 1.44. The first kappa shape index (κ1) is 12.4. The van der Waals surface area contributed by atoms with Crippen LogP contribution in [0.1, 0.15) is 32.1 Å². The minimum absolute atomic E-state index is 0.315. The molecule has 3 saturated heterocycles. The second kappa shape index (κ2) is 5.57. The molecule has 0 aromatic carbocycles. The summed E-state index contributed by atoms with van der Waals surface area (Å²) in [6, 6.07) is 0.581. The third kappa shape index (κ3) is 2.69. The van der Waals surface area contributed by atoms with Gasteiger partial charge in [0.25, 0.3) is 0 Å². The SMILES string of the molecule is O=C(CNC1CCN2CCC1C2)N1CCCCC1. The van der Waals surface area contributed by atoms with E-state index in [4.69, 9.17) is 0 Å². The van der Waals surface area contributed by atoms with Gasteiger partial charge in [0.1, 0.15) is 0 Å². The fourth-order valence-electron chi connectivity index (χ4n) is 3.69. The molecule has 1 amide bonds. The summed E-state index contributed by atoms with van der Waals surface area (Å²) >= 11 is 0. The molecule has 3 unspecified atom stereocenters. The molecule has 3 aliphatic heterocycles. The Kier molecular flexibility index (Phi) is 3.85. The van der Waals surface area contributed by atoms with Crippen molar-refractivity contribution in [2.24, 2.45) is 5.92 Å². The molecule has 1 N–H and O–H groups in total. The van der Waals surface area contributed by atoms with Crippen LogP contribution < -0.4 is 5.32 Å². The Hall–Kier alpha value is -0.610. The summed E-state index contributed by atoms with van der Waals surface area (Å²) in [5.41, 5.74) is 0. The van der Waals surface area contributed by atoms with Crippen LogP contribution in [-0.4, -0.2) is 61.0 Å². The van der Waals surface area contributed by atoms with E-state index >= 15 is 0 Å². The lowest BCUT2D eigenvalue weighted by atomic mass is 9.94. The molecule has 3 aliphatic rings. The Morgan fingerprint density at radius 2 is 1.83 bits per heavy atom. The highest BCUT2D eigenvalue weighted by atomic mass is 16.2. The molecule has 3 atom stereocenters. The quantitative estimate of drug-likeness (QED) is 0.801. The van der Waals surface area contributed by atoms with Crippen molar-refractivity contribution >= 4 is 5.91 Å². The molecule has 0 aromatic rings. The van der Waals surface area contributed by atoms with Crippen molar-refractivity contribution in [3.8, 4) is 0 Å². The van der Waals surface area contributed by atoms with Crippen molar-refractivity contribution in [2.45, 2.75) is 38.1 Å². The number of fused-ring (bicyclic) bond motifs is 2. The molecule has 0 radical (unpaired) electrons. The van der Waals surface area contributed by atoms with Gasteiger partial charge >= 0.3 is 0 Å². The molecule has 4 nitrogen and oxygen atoms in total. The topological polar surface area (TPSA) is 35.6 Å². The first-order chi connectivity index (χ1) is 8.83. The van der Waals surface area contributed by atoms with Gasteiger partial charge in [-0.05, 0) is 51.1 Å². The molecule has 0 saturated carbocycles. The van der Waals surface area contributed by atoms with Crippen LogP contribution in [0.25, 0.3) is 0 Å². The van der Waals surface area contributed by atoms with Crippen LogP contribution in [0.5, 0.6) is 0 Å². The van der Waals surface area contributed by atoms with E-state index in [2.05, 4.69) is 10.2 Å². The summed E-state index contributed by atoms with van der Waals surface area (Å²) in [5, 5.41) is 3.53. The highest BCUT2D eigenvalue weighted by Crippen LogP contribution is 2.26. The van der Waals surface area contributed by atoms with Crippen molar-refractivity contribution < 1.29 is 4.79 Å². The third-order valence-electron chi connectivity index (χ3n) is 4.86. The molecule has 0 aliphatic carbocycles. The molecule has 3 heterocycles. The minimum atomic E-state index is 0.315. The predicted molar refractivity (Wildman–Crippen MR) is 71.4 cm³/mol. The number of amides is 1. The number of hydrogen-bond acceptors (Lipinski definition) is 3. The zero-order chi connectivity index (χ0) is 12.4. The predicted octanol–water partition coefficient (Wildman–Crippen LogP) is 0.683. The molecular weight excluding hydrogens is 226 g/mol. The van der Waals surface area contributed by atoms with Gasteiger partial charge in [-0.2, -0.15) is 0 Å². The average molecular weight is 251 g/mol. The van der Waals surface area contributed by atoms with Gasteiger partial charge in [-0.1, -0.05) is 0 Å². The third-order valence-corrected chi connectivity index (χ3v) is 4.86. The summed E-state index contributed by atoms with van der Waals surface area (Å²) in [5.74, 6) is 1.10. The van der Waals surface area contributed by atoms with Gasteiger partial charge in [0.2, 0.25) is 5.91 Å². The Morgan fingerprint density at radius 3 is 2.67 bits per heavy atom. The number of nitrogens with zero attached hydrogens (tertiary/aromatic N) is 2. The summed E-state index contributed by atoms with van der Waals surface area (Å²) in [7, 11) is 0. The molecule has 0 aromatic heterocycles. The van der Waals surface area contributed by atoms with Gasteiger partial charge in [0.15, 0.2) is 0 Å². The van der Waals surface area contributed by atoms with Crippen molar-refractivity contribution in [2.75, 3.05) is 39.3 Å². The molecule has 3 fully saturated rings. The fraction of sp³-hybridized carbons (Fsp3) is 0.929. The van der Waals surface area contributed by atoms with Gasteiger partial charge in [-0.25, -0.2) is 0 Å². The van der Waals surface area contributed by atoms with Crippen LogP contribution >= 0.6 is 0 Å². The van der Waals surface area contributed by atoms with Gasteiger partial charge in [-0.15, -0.1) is 0 Å². The van der Waals surface area contributed by atoms with Crippen molar-refractivity contribution in [1.29, 1.82) is 0 Å². The van der Waals surface area contributed by atoms with Crippen LogP contribution in [0.3, 0.4) is 0 Å². The van der Waals surface area contributed by atoms with E-state index < -0.39 is 0 Å². The van der Waals surface area contributed by atoms with E-state index in [0.717, 1.165) is 19.0 Å². The van der Waals surface area contributed by atoms with E-state index in [0.29, 0.717) is 18.5 Å². The lowest BCUT2D eigenvalue weighted by molar-refractivity contribution is -0.131. The number of rotatable bonds is 3. The lowest BCUT2D eigenvalue weighted by Gasteiger charge is -2.32. The number of piperidine rings is 2. The van der Waals surface area contributed by atoms with Crippen molar-refractivity contribution in [3.05, 3.63) is 0 Å². The van der Waals surface area contributed by atoms with E-state index in [1.165, 1.54) is 51.7 Å². The number of carbonyl (C=O) groups excluding carboxylic acids is 1. The van der Waals surface area contributed by atoms with Crippen LogP contribution in [0, 0.1) is 5.92 Å². The maximum atomic E-state index is 12.1. The smallest absolute Gasteiger partial charge is 0.236 e. The molecule has 2 bridgehead atoms. The lowest BCUT2D eigenvalue weighted by Crippen LogP contribution is -2.48. The summed E-state index contributed by atoms with van der Waals surface area (Å²) in [6.07, 6.45) is 6.20. The first-order valence-corrected chi connectivity index (χ1v) is 7.56. The number of likely N-dealkylation sites (tertiary alicyclic amines) is 1. The van der Waals surface area contributed by atoms with Gasteiger partial charge < -0.3 is 15.1 Å². The first-order valence-electron chi connectivity index (χ1n) is 7.56. The maximum absolute atomic E-state index is 12.1. The molecule has 102 valence electrons. The largest absolute Gasteiger partial charge is 0.342 e. The highest BCUT2D eigenvalue weighted by molar-refractivity contribution is 5.78. The van der Waals surface area contributed by atoms with E-state index in [9.17, 15) is 4.79 Å². The molecule has 4 heteroatoms. The maximum Gasteiger partial charge on any atom is 0.236 e. The summed E-state index contributed by atoms with van der Waals surface area (Å²) in [4.78, 5) is 16.7. The molecule has 3 rings (SSSR count). The normalized spacial score (nSPS) is 35.8. The van der Waals surface area contributed by atoms with Crippen LogP contribution in [0.15, 0.2) is 0 Å². The van der Waals surface area contributed by atoms with E-state index in [-0.39, 0.29) is 0 Å². The van der Waals surface area contributed by atoms with E-state index in [1.807, 2.05) is 4.90 Å². The van der Waals surface area contributed by atoms with Crippen LogP contribution in [-0.2, 0) is 4.79 Å². The van der Waals surface area contributed by atoms with Crippen LogP contribution in [0.2, 0.25) is 0 Å². The molecular formula is C14H25N3O. The summed E-state index contributed by atoms with van der Waals surface area (Å²) in [6.45, 7) is 6.23. The zero-order valence-corrected chi connectivity index (χ0v) is 11.2. The van der Waals surface area contributed by atoms with Gasteiger partial charge in [-0.3, -0.25) is 4.79 Å². The van der Waals surface area contributed by atoms with Gasteiger partial charge in [0.05, 0.1) is 6.54 Å². The minimum Gasteiger partial charge on any atom is -0.342 e. The van der Waals surface area contributed by atoms with E-state index in [1.54, 1.807) is 0 Å². The molecule has 0 spiro atoms. The second-order valence-corrected chi connectivity index (χ2v) is 6.07. The van der Waals surface area contributed by atoms with Crippen molar-refractivity contribution in [1.82, 2.24) is 15.1 Å². The number of carbonyl (C=O) groups is 1. The monoisotopic (exact) mass is 251 g/mol. The van der Waals surface area contributed by atoms with Gasteiger partial charge in [0, 0.05) is 25.7 Å². The fourth-order valence-corrected chi connectivity index (χ4v) is 3.69. The zero-order valence-electron chi connectivity index (χ0n) is 11.2. The number of nitrogens with one attached hydrogen (secondary N) is 1. The average Bonchev–Trinajstić information content (AvgIpc) is 2.81. The Morgan fingerprint density at radius 1 is 1.06 bits per heavy atom. The van der Waals surface area contributed by atoms with Crippen LogP contribution in [0.4, 0.5) is 0 Å². The Labute approximate surface area is 110 Å².